The van der Waals surface area contributed by atoms with Crippen LogP contribution in [0.5, 0.6) is 0 Å². The summed E-state index contributed by atoms with van der Waals surface area (Å²) in [6.07, 6.45) is 5.94. The van der Waals surface area contributed by atoms with E-state index in [4.69, 9.17) is 0 Å². The predicted molar refractivity (Wildman–Crippen MR) is 120 cm³/mol. The van der Waals surface area contributed by atoms with Crippen molar-refractivity contribution in [2.75, 3.05) is 0 Å². The fraction of sp³-hybridized carbons (Fsp3) is 0.250. The van der Waals surface area contributed by atoms with Gasteiger partial charge in [0.1, 0.15) is 16.3 Å². The summed E-state index contributed by atoms with van der Waals surface area (Å²) < 4.78 is 2.27. The van der Waals surface area contributed by atoms with E-state index in [1.54, 1.807) is 51.4 Å². The standard InChI is InChI=1S/C24H23N3O2S/c1-5-16-6-8-18(9-7-16)27-22(29)20(14-17-10-12-26-13-11-17)30-23(27)19(15-25)21(28)24(2,3)4/h6-14H,5H2,1-4H3/b20-14+,23-19-. The lowest BCUT2D eigenvalue weighted by Crippen LogP contribution is -2.33. The van der Waals surface area contributed by atoms with E-state index < -0.39 is 5.41 Å². The second-order valence-corrected chi connectivity index (χ2v) is 8.95. The highest BCUT2D eigenvalue weighted by atomic mass is 32.1. The molecule has 0 aliphatic rings. The molecule has 1 aromatic carbocycles. The third-order valence-electron chi connectivity index (χ3n) is 4.66. The zero-order chi connectivity index (χ0) is 21.9. The summed E-state index contributed by atoms with van der Waals surface area (Å²) in [4.78, 5) is 30.3. The number of carbonyl (C=O) groups excluding carboxylic acids is 1. The van der Waals surface area contributed by atoms with E-state index in [-0.39, 0.29) is 16.9 Å². The molecule has 0 bridgehead atoms. The van der Waals surface area contributed by atoms with Crippen molar-refractivity contribution in [1.29, 1.82) is 5.26 Å². The molecule has 0 aliphatic heterocycles. The van der Waals surface area contributed by atoms with Gasteiger partial charge in [0.05, 0.1) is 10.2 Å². The maximum Gasteiger partial charge on any atom is 0.273 e. The van der Waals surface area contributed by atoms with Crippen LogP contribution in [0.2, 0.25) is 0 Å². The number of aromatic nitrogens is 2. The van der Waals surface area contributed by atoms with E-state index in [9.17, 15) is 14.9 Å². The van der Waals surface area contributed by atoms with Gasteiger partial charge in [0.2, 0.25) is 0 Å². The number of hydrogen-bond acceptors (Lipinski definition) is 5. The number of hydrogen-bond donors (Lipinski definition) is 0. The Balaban J connectivity index is 2.41. The molecule has 6 heteroatoms. The summed E-state index contributed by atoms with van der Waals surface area (Å²) in [7, 11) is 0. The minimum absolute atomic E-state index is 0.00135. The van der Waals surface area contributed by atoms with Crippen molar-refractivity contribution in [3.8, 4) is 11.8 Å². The molecule has 5 nitrogen and oxygen atoms in total. The fourth-order valence-electron chi connectivity index (χ4n) is 2.95. The number of pyridine rings is 1. The quantitative estimate of drug-likeness (QED) is 0.654. The fourth-order valence-corrected chi connectivity index (χ4v) is 4.05. The number of Topliss-reactive ketones (excluding diaryl/α,β-unsaturated/α-hetero) is 1. The van der Waals surface area contributed by atoms with Crippen molar-refractivity contribution in [2.45, 2.75) is 34.1 Å². The third kappa shape index (κ3) is 4.32. The Labute approximate surface area is 179 Å². The highest BCUT2D eigenvalue weighted by molar-refractivity contribution is 7.07. The van der Waals surface area contributed by atoms with Gasteiger partial charge >= 0.3 is 0 Å². The number of rotatable bonds is 4. The largest absolute Gasteiger partial charge is 0.293 e. The number of carbonyl (C=O) groups is 1. The van der Waals surface area contributed by atoms with Gasteiger partial charge in [0.15, 0.2) is 5.78 Å². The smallest absolute Gasteiger partial charge is 0.273 e. The number of nitrogens with zero attached hydrogens (tertiary/aromatic N) is 3. The average molecular weight is 418 g/mol. The molecule has 30 heavy (non-hydrogen) atoms. The van der Waals surface area contributed by atoms with Crippen molar-refractivity contribution in [2.24, 2.45) is 5.41 Å². The Morgan fingerprint density at radius 3 is 2.33 bits per heavy atom. The highest BCUT2D eigenvalue weighted by Gasteiger charge is 2.27. The molecule has 3 rings (SSSR count). The minimum Gasteiger partial charge on any atom is -0.293 e. The Bertz CT molecular complexity index is 1290. The molecule has 0 spiro atoms. The lowest BCUT2D eigenvalue weighted by molar-refractivity contribution is -0.120. The van der Waals surface area contributed by atoms with Gasteiger partial charge in [-0.1, -0.05) is 39.8 Å². The summed E-state index contributed by atoms with van der Waals surface area (Å²) in [5.41, 5.74) is 1.60. The molecule has 0 saturated carbocycles. The molecule has 0 N–H and O–H groups in total. The van der Waals surface area contributed by atoms with Gasteiger partial charge in [-0.3, -0.25) is 19.1 Å². The number of nitriles is 1. The Kier molecular flexibility index (Phi) is 6.14. The summed E-state index contributed by atoms with van der Waals surface area (Å²) in [6.45, 7) is 7.36. The molecular formula is C24H23N3O2S. The number of benzene rings is 1. The van der Waals surface area contributed by atoms with Crippen LogP contribution in [-0.4, -0.2) is 15.3 Å². The SMILES string of the molecule is CCc1ccc(-n2c(=O)/c(=C\c3ccncc3)s/c2=C(/C#N)C(=O)C(C)(C)C)cc1. The number of ketones is 1. The van der Waals surface area contributed by atoms with Crippen molar-refractivity contribution >= 4 is 28.8 Å². The monoisotopic (exact) mass is 417 g/mol. The van der Waals surface area contributed by atoms with E-state index in [1.807, 2.05) is 24.3 Å². The molecule has 0 amide bonds. The molecule has 2 aromatic heterocycles. The Morgan fingerprint density at radius 1 is 1.17 bits per heavy atom. The molecule has 0 radical (unpaired) electrons. The second kappa shape index (κ2) is 8.60. The molecule has 0 aliphatic carbocycles. The van der Waals surface area contributed by atoms with E-state index in [2.05, 4.69) is 18.0 Å². The molecule has 2 heterocycles. The second-order valence-electron chi connectivity index (χ2n) is 7.92. The molecule has 3 aromatic rings. The van der Waals surface area contributed by atoms with Crippen LogP contribution in [0.4, 0.5) is 0 Å². The van der Waals surface area contributed by atoms with Gasteiger partial charge in [-0.2, -0.15) is 5.26 Å². The van der Waals surface area contributed by atoms with Crippen LogP contribution in [-0.2, 0) is 11.2 Å². The summed E-state index contributed by atoms with van der Waals surface area (Å²) in [5, 5.41) is 9.82. The third-order valence-corrected chi connectivity index (χ3v) is 5.76. The number of thiazole rings is 1. The maximum atomic E-state index is 13.3. The van der Waals surface area contributed by atoms with Gasteiger partial charge in [-0.25, -0.2) is 0 Å². The normalized spacial score (nSPS) is 13.1. The lowest BCUT2D eigenvalue weighted by Gasteiger charge is -2.15. The first-order valence-corrected chi connectivity index (χ1v) is 10.5. The van der Waals surface area contributed by atoms with Crippen molar-refractivity contribution in [1.82, 2.24) is 9.55 Å². The zero-order valence-electron chi connectivity index (χ0n) is 17.5. The first kappa shape index (κ1) is 21.4. The van der Waals surface area contributed by atoms with Crippen LogP contribution in [0.25, 0.3) is 17.3 Å². The van der Waals surface area contributed by atoms with Crippen LogP contribution in [0.3, 0.4) is 0 Å². The van der Waals surface area contributed by atoms with Gasteiger partial charge < -0.3 is 0 Å². The number of aryl methyl sites for hydroxylation is 1. The molecule has 0 atom stereocenters. The first-order chi connectivity index (χ1) is 14.3. The molecule has 0 unspecified atom stereocenters. The van der Waals surface area contributed by atoms with Gasteiger partial charge in [-0.15, -0.1) is 11.3 Å². The van der Waals surface area contributed by atoms with E-state index >= 15 is 0 Å². The topological polar surface area (TPSA) is 75.8 Å². The van der Waals surface area contributed by atoms with E-state index in [1.165, 1.54) is 4.57 Å². The predicted octanol–water partition coefficient (Wildman–Crippen LogP) is 2.97. The maximum absolute atomic E-state index is 13.3. The van der Waals surface area contributed by atoms with Crippen LogP contribution in [0.15, 0.2) is 53.6 Å². The van der Waals surface area contributed by atoms with Crippen LogP contribution >= 0.6 is 11.3 Å². The van der Waals surface area contributed by atoms with Gasteiger partial charge in [0, 0.05) is 17.8 Å². The van der Waals surface area contributed by atoms with Crippen LogP contribution in [0, 0.1) is 16.7 Å². The minimum atomic E-state index is -0.739. The van der Waals surface area contributed by atoms with Crippen molar-refractivity contribution in [3.63, 3.8) is 0 Å². The zero-order valence-corrected chi connectivity index (χ0v) is 18.3. The van der Waals surface area contributed by atoms with Gasteiger partial charge in [0.25, 0.3) is 5.56 Å². The molecular weight excluding hydrogens is 394 g/mol. The first-order valence-electron chi connectivity index (χ1n) is 9.68. The Hall–Kier alpha value is -3.30. The molecule has 0 saturated heterocycles. The Morgan fingerprint density at radius 2 is 1.80 bits per heavy atom. The van der Waals surface area contributed by atoms with Gasteiger partial charge in [-0.05, 0) is 47.9 Å². The van der Waals surface area contributed by atoms with E-state index in [0.717, 1.165) is 28.9 Å². The molecule has 152 valence electrons. The highest BCUT2D eigenvalue weighted by Crippen LogP contribution is 2.20. The van der Waals surface area contributed by atoms with E-state index in [0.29, 0.717) is 14.9 Å². The average Bonchev–Trinajstić information content (AvgIpc) is 3.04. The molecule has 0 fully saturated rings. The van der Waals surface area contributed by atoms with Crippen molar-refractivity contribution < 1.29 is 4.79 Å². The summed E-state index contributed by atoms with van der Waals surface area (Å²) in [6, 6.07) is 13.3. The van der Waals surface area contributed by atoms with Crippen molar-refractivity contribution in [3.05, 3.63) is 79.5 Å². The van der Waals surface area contributed by atoms with Crippen LogP contribution < -0.4 is 14.8 Å². The summed E-state index contributed by atoms with van der Waals surface area (Å²) in [5.74, 6) is -0.291. The summed E-state index contributed by atoms with van der Waals surface area (Å²) >= 11 is 1.16. The van der Waals surface area contributed by atoms with Crippen LogP contribution in [0.1, 0.15) is 38.8 Å². The lowest BCUT2D eigenvalue weighted by atomic mass is 9.87.